The predicted octanol–water partition coefficient (Wildman–Crippen LogP) is 0.646. The van der Waals surface area contributed by atoms with E-state index < -0.39 is 52.2 Å². The molecule has 0 unspecified atom stereocenters. The van der Waals surface area contributed by atoms with E-state index in [4.69, 9.17) is 9.84 Å². The number of amides is 2. The lowest BCUT2D eigenvalue weighted by Gasteiger charge is -2.23. The van der Waals surface area contributed by atoms with E-state index in [2.05, 4.69) is 10.1 Å². The zero-order valence-corrected chi connectivity index (χ0v) is 17.0. The minimum Gasteiger partial charge on any atom is -0.478 e. The number of nitrogens with one attached hydrogen (secondary N) is 2. The fourth-order valence-corrected chi connectivity index (χ4v) is 2.89. The highest BCUT2D eigenvalue weighted by Gasteiger charge is 2.29. The molecule has 1 aromatic carbocycles. The van der Waals surface area contributed by atoms with Gasteiger partial charge in [-0.3, -0.25) is 9.59 Å². The van der Waals surface area contributed by atoms with Crippen molar-refractivity contribution in [3.8, 4) is 0 Å². The Labute approximate surface area is 167 Å². The van der Waals surface area contributed by atoms with Crippen molar-refractivity contribution in [1.29, 1.82) is 0 Å². The maximum atomic E-state index is 12.4. The third kappa shape index (κ3) is 8.17. The van der Waals surface area contributed by atoms with Crippen molar-refractivity contribution in [2.24, 2.45) is 0 Å². The summed E-state index contributed by atoms with van der Waals surface area (Å²) >= 11 is 0. The first-order valence-electron chi connectivity index (χ1n) is 8.24. The van der Waals surface area contributed by atoms with Gasteiger partial charge in [0.15, 0.2) is 0 Å². The monoisotopic (exact) mass is 431 g/mol. The van der Waals surface area contributed by atoms with Crippen LogP contribution in [0.4, 0.5) is 4.79 Å². The van der Waals surface area contributed by atoms with Gasteiger partial charge >= 0.3 is 18.0 Å². The second-order valence-electron chi connectivity index (χ2n) is 6.80. The molecule has 1 aromatic rings. The molecule has 160 valence electrons. The van der Waals surface area contributed by atoms with Crippen LogP contribution in [0, 0.1) is 0 Å². The SMILES string of the molecule is C[13C](=O)OC[C@H](NC(=O)OC(C)(C)C)C(=O)NS(=O)(=O)c1ccc(C(=O)O)cc1. The molecule has 1 rings (SSSR count). The highest BCUT2D eigenvalue weighted by molar-refractivity contribution is 7.90. The zero-order chi connectivity index (χ0) is 22.4. The first kappa shape index (κ1) is 23.9. The van der Waals surface area contributed by atoms with Crippen molar-refractivity contribution in [3.05, 3.63) is 29.8 Å². The summed E-state index contributed by atoms with van der Waals surface area (Å²) in [5.74, 6) is -3.18. The maximum Gasteiger partial charge on any atom is 0.408 e. The molecule has 0 fully saturated rings. The summed E-state index contributed by atoms with van der Waals surface area (Å²) in [4.78, 5) is 45.8. The lowest BCUT2D eigenvalue weighted by atomic mass is 10.2. The molecule has 0 heterocycles. The van der Waals surface area contributed by atoms with E-state index in [0.29, 0.717) is 0 Å². The quantitative estimate of drug-likeness (QED) is 0.415. The van der Waals surface area contributed by atoms with Gasteiger partial charge in [0.2, 0.25) is 0 Å². The molecule has 0 saturated heterocycles. The Balaban J connectivity index is 2.97. The second kappa shape index (κ2) is 9.37. The Kier molecular flexibility index (Phi) is 7.71. The first-order valence-corrected chi connectivity index (χ1v) is 9.72. The van der Waals surface area contributed by atoms with E-state index in [1.165, 1.54) is 0 Å². The van der Waals surface area contributed by atoms with Crippen LogP contribution in [-0.2, 0) is 29.1 Å². The molecule has 0 saturated carbocycles. The van der Waals surface area contributed by atoms with Crippen LogP contribution in [0.5, 0.6) is 0 Å². The molecule has 1 atom stereocenters. The van der Waals surface area contributed by atoms with Gasteiger partial charge in [-0.25, -0.2) is 22.7 Å². The van der Waals surface area contributed by atoms with Crippen molar-refractivity contribution in [1.82, 2.24) is 10.0 Å². The Morgan fingerprint density at radius 2 is 1.66 bits per heavy atom. The fraction of sp³-hybridized carbons (Fsp3) is 0.412. The third-order valence-electron chi connectivity index (χ3n) is 3.11. The highest BCUT2D eigenvalue weighted by Crippen LogP contribution is 2.11. The molecule has 0 radical (unpaired) electrons. The number of sulfonamides is 1. The number of carbonyl (C=O) groups is 4. The molecule has 12 heteroatoms. The van der Waals surface area contributed by atoms with Gasteiger partial charge in [0.25, 0.3) is 15.9 Å². The van der Waals surface area contributed by atoms with Crippen molar-refractivity contribution in [3.63, 3.8) is 0 Å². The van der Waals surface area contributed by atoms with Gasteiger partial charge in [0.1, 0.15) is 18.2 Å². The van der Waals surface area contributed by atoms with E-state index >= 15 is 0 Å². The van der Waals surface area contributed by atoms with Gasteiger partial charge in [-0.05, 0) is 45.0 Å². The number of alkyl carbamates (subject to hydrolysis) is 1. The average molecular weight is 431 g/mol. The Morgan fingerprint density at radius 1 is 1.10 bits per heavy atom. The summed E-state index contributed by atoms with van der Waals surface area (Å²) in [5, 5.41) is 11.0. The molecule has 0 spiro atoms. The molecular formula is C17H22N2O9S. The number of hydrogen-bond acceptors (Lipinski definition) is 8. The number of carboxylic acids is 1. The molecule has 11 nitrogen and oxygen atoms in total. The van der Waals surface area contributed by atoms with Gasteiger partial charge in [-0.1, -0.05) is 0 Å². The second-order valence-corrected chi connectivity index (χ2v) is 8.48. The largest absolute Gasteiger partial charge is 0.478 e. The van der Waals surface area contributed by atoms with Crippen LogP contribution in [0.2, 0.25) is 0 Å². The Bertz CT molecular complexity index is 886. The van der Waals surface area contributed by atoms with E-state index in [-0.39, 0.29) is 10.5 Å². The molecule has 0 aliphatic heterocycles. The Morgan fingerprint density at radius 3 is 2.10 bits per heavy atom. The molecular weight excluding hydrogens is 409 g/mol. The van der Waals surface area contributed by atoms with Crippen LogP contribution < -0.4 is 10.0 Å². The normalized spacial score (nSPS) is 12.4. The lowest BCUT2D eigenvalue weighted by molar-refractivity contribution is -0.142. The molecule has 0 aliphatic carbocycles. The van der Waals surface area contributed by atoms with Gasteiger partial charge in [-0.15, -0.1) is 0 Å². The van der Waals surface area contributed by atoms with E-state index in [9.17, 15) is 27.6 Å². The Hall–Kier alpha value is -3.15. The molecule has 0 bridgehead atoms. The summed E-state index contributed by atoms with van der Waals surface area (Å²) < 4.78 is 36.1. The number of carboxylic acid groups (broad SMARTS) is 1. The number of aromatic carboxylic acids is 1. The third-order valence-corrected chi connectivity index (χ3v) is 4.47. The van der Waals surface area contributed by atoms with Gasteiger partial charge in [0, 0.05) is 6.92 Å². The highest BCUT2D eigenvalue weighted by atomic mass is 32.2. The van der Waals surface area contributed by atoms with Gasteiger partial charge in [0.05, 0.1) is 10.5 Å². The van der Waals surface area contributed by atoms with E-state index in [0.717, 1.165) is 31.2 Å². The summed E-state index contributed by atoms with van der Waals surface area (Å²) in [5.41, 5.74) is -1.03. The lowest BCUT2D eigenvalue weighted by Crippen LogP contribution is -2.52. The van der Waals surface area contributed by atoms with Crippen LogP contribution in [0.3, 0.4) is 0 Å². The number of carbonyl (C=O) groups excluding carboxylic acids is 3. The molecule has 3 N–H and O–H groups in total. The van der Waals surface area contributed by atoms with Crippen molar-refractivity contribution in [2.75, 3.05) is 6.61 Å². The minimum absolute atomic E-state index is 0.144. The zero-order valence-electron chi connectivity index (χ0n) is 16.2. The van der Waals surface area contributed by atoms with E-state index in [1.54, 1.807) is 25.5 Å². The first-order chi connectivity index (χ1) is 13.2. The van der Waals surface area contributed by atoms with Gasteiger partial charge < -0.3 is 19.9 Å². The smallest absolute Gasteiger partial charge is 0.408 e. The molecule has 0 aliphatic rings. The molecule has 0 aromatic heterocycles. The summed E-state index contributed by atoms with van der Waals surface area (Å²) in [6.07, 6.45) is -1.02. The fourth-order valence-electron chi connectivity index (χ4n) is 1.87. The average Bonchev–Trinajstić information content (AvgIpc) is 2.56. The number of esters is 1. The van der Waals surface area contributed by atoms with Crippen LogP contribution in [0.1, 0.15) is 38.1 Å². The van der Waals surface area contributed by atoms with E-state index in [1.807, 2.05) is 0 Å². The summed E-state index contributed by atoms with van der Waals surface area (Å²) in [7, 11) is -4.38. The van der Waals surface area contributed by atoms with Crippen molar-refractivity contribution in [2.45, 2.75) is 44.2 Å². The van der Waals surface area contributed by atoms with Crippen LogP contribution >= 0.6 is 0 Å². The van der Waals surface area contributed by atoms with Crippen LogP contribution in [0.15, 0.2) is 29.2 Å². The molecule has 2 amide bonds. The topological polar surface area (TPSA) is 165 Å². The standard InChI is InChI=1S/C17H22N2O9S/c1-10(20)27-9-13(18-16(24)28-17(2,3)4)14(21)19-29(25,26)12-7-5-11(6-8-12)15(22)23/h5-8,13H,9H2,1-4H3,(H,18,24)(H,19,21)(H,22,23)/t13-/m0/s1/i10+1. The maximum absolute atomic E-state index is 12.4. The molecule has 29 heavy (non-hydrogen) atoms. The van der Waals surface area contributed by atoms with Crippen LogP contribution in [-0.4, -0.2) is 55.7 Å². The predicted molar refractivity (Wildman–Crippen MR) is 98.5 cm³/mol. The number of benzene rings is 1. The van der Waals surface area contributed by atoms with Gasteiger partial charge in [-0.2, -0.15) is 0 Å². The number of ether oxygens (including phenoxy) is 2. The number of rotatable bonds is 7. The van der Waals surface area contributed by atoms with Crippen molar-refractivity contribution < 1.29 is 42.2 Å². The number of hydrogen-bond donors (Lipinski definition) is 3. The summed E-state index contributed by atoms with van der Waals surface area (Å²) in [6, 6.07) is 2.55. The van der Waals surface area contributed by atoms with Crippen molar-refractivity contribution >= 4 is 34.0 Å². The summed E-state index contributed by atoms with van der Waals surface area (Å²) in [6.45, 7) is 5.19. The minimum atomic E-state index is -4.38. The van der Waals surface area contributed by atoms with Crippen LogP contribution in [0.25, 0.3) is 0 Å².